The van der Waals surface area contributed by atoms with Crippen LogP contribution in [0.25, 0.3) is 0 Å². The van der Waals surface area contributed by atoms with Crippen LogP contribution in [0.2, 0.25) is 0 Å². The molecular weight excluding hydrogens is 346 g/mol. The number of nitrogens with one attached hydrogen (secondary N) is 1. The van der Waals surface area contributed by atoms with E-state index in [1.54, 1.807) is 4.31 Å². The second-order valence-corrected chi connectivity index (χ2v) is 10.1. The Morgan fingerprint density at radius 3 is 2.38 bits per heavy atom. The quantitative estimate of drug-likeness (QED) is 0.856. The molecule has 2 fully saturated rings. The van der Waals surface area contributed by atoms with Gasteiger partial charge in [-0.1, -0.05) is 43.7 Å². The van der Waals surface area contributed by atoms with Gasteiger partial charge in [0.15, 0.2) is 0 Å². The predicted molar refractivity (Wildman–Crippen MR) is 106 cm³/mol. The summed E-state index contributed by atoms with van der Waals surface area (Å²) < 4.78 is 30.1. The molecule has 1 aromatic rings. The van der Waals surface area contributed by atoms with Crippen molar-refractivity contribution in [3.63, 3.8) is 0 Å². The van der Waals surface area contributed by atoms with E-state index in [9.17, 15) is 8.42 Å². The first-order valence-corrected chi connectivity index (χ1v) is 11.3. The molecule has 2 atom stereocenters. The van der Waals surface area contributed by atoms with Gasteiger partial charge in [-0.05, 0) is 43.6 Å². The Morgan fingerprint density at radius 2 is 1.77 bits per heavy atom. The molecule has 3 rings (SSSR count). The van der Waals surface area contributed by atoms with Crippen LogP contribution in [0.5, 0.6) is 0 Å². The number of rotatable bonds is 5. The molecule has 5 nitrogen and oxygen atoms in total. The average Bonchev–Trinajstić information content (AvgIpc) is 2.56. The highest BCUT2D eigenvalue weighted by atomic mass is 32.2. The number of hydrogen-bond acceptors (Lipinski definition) is 3. The minimum atomic E-state index is -3.37. The van der Waals surface area contributed by atoms with Crippen molar-refractivity contribution in [2.24, 2.45) is 11.8 Å². The average molecular weight is 380 g/mol. The smallest absolute Gasteiger partial charge is 0.279 e. The van der Waals surface area contributed by atoms with Crippen molar-refractivity contribution >= 4 is 10.2 Å². The Kier molecular flexibility index (Phi) is 6.38. The molecule has 2 heterocycles. The molecule has 0 spiro atoms. The van der Waals surface area contributed by atoms with Gasteiger partial charge in [-0.2, -0.15) is 17.4 Å². The molecule has 146 valence electrons. The van der Waals surface area contributed by atoms with Crippen LogP contribution in [0.4, 0.5) is 0 Å². The van der Waals surface area contributed by atoms with Gasteiger partial charge in [0.25, 0.3) is 10.2 Å². The largest absolute Gasteiger partial charge is 0.299 e. The van der Waals surface area contributed by atoms with E-state index in [1.165, 1.54) is 11.1 Å². The summed E-state index contributed by atoms with van der Waals surface area (Å²) in [5.41, 5.74) is 2.62. The van der Waals surface area contributed by atoms with Gasteiger partial charge in [-0.25, -0.2) is 0 Å². The van der Waals surface area contributed by atoms with Gasteiger partial charge in [0, 0.05) is 38.8 Å². The highest BCUT2D eigenvalue weighted by Gasteiger charge is 2.32. The van der Waals surface area contributed by atoms with Gasteiger partial charge in [0.05, 0.1) is 0 Å². The maximum Gasteiger partial charge on any atom is 0.279 e. The molecule has 0 aliphatic carbocycles. The summed E-state index contributed by atoms with van der Waals surface area (Å²) in [5, 5.41) is 0. The van der Waals surface area contributed by atoms with E-state index >= 15 is 0 Å². The van der Waals surface area contributed by atoms with Gasteiger partial charge in [-0.15, -0.1) is 0 Å². The number of hydrogen-bond donors (Lipinski definition) is 1. The first-order valence-electron chi connectivity index (χ1n) is 9.87. The van der Waals surface area contributed by atoms with E-state index in [2.05, 4.69) is 54.7 Å². The lowest BCUT2D eigenvalue weighted by Gasteiger charge is -2.37. The van der Waals surface area contributed by atoms with Crippen LogP contribution >= 0.6 is 0 Å². The summed E-state index contributed by atoms with van der Waals surface area (Å²) >= 11 is 0. The summed E-state index contributed by atoms with van der Waals surface area (Å²) in [6.07, 6.45) is 2.87. The predicted octanol–water partition coefficient (Wildman–Crippen LogP) is 2.77. The Labute approximate surface area is 158 Å². The fourth-order valence-corrected chi connectivity index (χ4v) is 6.07. The molecule has 0 aromatic heterocycles. The minimum absolute atomic E-state index is 0.0568. The third kappa shape index (κ3) is 5.28. The lowest BCUT2D eigenvalue weighted by Crippen LogP contribution is -2.52. The number of piperidine rings is 2. The SMILES string of the molecule is Cc1cccc(CN2CCC(NS(=O)(=O)N3C[C@@H](C)C[C@H](C)C3)CC2)c1. The lowest BCUT2D eigenvalue weighted by atomic mass is 9.94. The van der Waals surface area contributed by atoms with Gasteiger partial charge >= 0.3 is 0 Å². The first-order chi connectivity index (χ1) is 12.3. The minimum Gasteiger partial charge on any atom is -0.299 e. The summed E-state index contributed by atoms with van der Waals surface area (Å²) in [7, 11) is -3.37. The van der Waals surface area contributed by atoms with Crippen LogP contribution in [0.1, 0.15) is 44.2 Å². The second kappa shape index (κ2) is 8.38. The number of nitrogens with zero attached hydrogens (tertiary/aromatic N) is 2. The zero-order valence-electron chi connectivity index (χ0n) is 16.3. The highest BCUT2D eigenvalue weighted by molar-refractivity contribution is 7.87. The van der Waals surface area contributed by atoms with Crippen molar-refractivity contribution in [1.29, 1.82) is 0 Å². The Morgan fingerprint density at radius 1 is 1.12 bits per heavy atom. The molecule has 2 aliphatic heterocycles. The highest BCUT2D eigenvalue weighted by Crippen LogP contribution is 2.23. The van der Waals surface area contributed by atoms with Crippen LogP contribution < -0.4 is 4.72 Å². The van der Waals surface area contributed by atoms with E-state index in [-0.39, 0.29) is 6.04 Å². The summed E-state index contributed by atoms with van der Waals surface area (Å²) in [6, 6.07) is 8.67. The molecule has 0 unspecified atom stereocenters. The summed E-state index contributed by atoms with van der Waals surface area (Å²) in [6.45, 7) is 10.5. The van der Waals surface area contributed by atoms with E-state index in [4.69, 9.17) is 0 Å². The van der Waals surface area contributed by atoms with Gasteiger partial charge < -0.3 is 0 Å². The number of benzene rings is 1. The Bertz CT molecular complexity index is 689. The molecule has 0 bridgehead atoms. The van der Waals surface area contributed by atoms with Crippen molar-refractivity contribution < 1.29 is 8.42 Å². The zero-order chi connectivity index (χ0) is 18.7. The van der Waals surface area contributed by atoms with Crippen LogP contribution in [0, 0.1) is 18.8 Å². The molecular formula is C20H33N3O2S. The van der Waals surface area contributed by atoms with E-state index in [0.717, 1.165) is 38.9 Å². The van der Waals surface area contributed by atoms with Gasteiger partial charge in [0.2, 0.25) is 0 Å². The normalized spacial score (nSPS) is 26.9. The van der Waals surface area contributed by atoms with Crippen LogP contribution in [-0.4, -0.2) is 49.8 Å². The molecule has 6 heteroatoms. The van der Waals surface area contributed by atoms with E-state index in [0.29, 0.717) is 24.9 Å². The van der Waals surface area contributed by atoms with Gasteiger partial charge in [0.1, 0.15) is 0 Å². The fraction of sp³-hybridized carbons (Fsp3) is 0.700. The topological polar surface area (TPSA) is 52.7 Å². The lowest BCUT2D eigenvalue weighted by molar-refractivity contribution is 0.193. The monoisotopic (exact) mass is 379 g/mol. The molecule has 1 aromatic carbocycles. The Balaban J connectivity index is 1.50. The Hall–Kier alpha value is -0.950. The van der Waals surface area contributed by atoms with Crippen molar-refractivity contribution in [1.82, 2.24) is 13.9 Å². The summed E-state index contributed by atoms with van der Waals surface area (Å²) in [5.74, 6) is 0.873. The standard InChI is InChI=1S/C20H33N3O2S/c1-16-5-4-6-19(12-16)15-22-9-7-20(8-10-22)21-26(24,25)23-13-17(2)11-18(3)14-23/h4-6,12,17-18,20-21H,7-11,13-15H2,1-3H3/t17-,18-/m0/s1. The van der Waals surface area contributed by atoms with E-state index < -0.39 is 10.2 Å². The summed E-state index contributed by atoms with van der Waals surface area (Å²) in [4.78, 5) is 2.42. The maximum atomic E-state index is 12.8. The first kappa shape index (κ1) is 19.8. The number of aryl methyl sites for hydroxylation is 1. The third-order valence-electron chi connectivity index (χ3n) is 5.57. The zero-order valence-corrected chi connectivity index (χ0v) is 17.1. The van der Waals surface area contributed by atoms with Crippen molar-refractivity contribution in [2.45, 2.75) is 52.6 Å². The van der Waals surface area contributed by atoms with Crippen molar-refractivity contribution in [3.05, 3.63) is 35.4 Å². The van der Waals surface area contributed by atoms with Crippen molar-refractivity contribution in [3.8, 4) is 0 Å². The fourth-order valence-electron chi connectivity index (χ4n) is 4.36. The molecule has 2 aliphatic rings. The number of likely N-dealkylation sites (tertiary alicyclic amines) is 1. The maximum absolute atomic E-state index is 12.8. The molecule has 26 heavy (non-hydrogen) atoms. The van der Waals surface area contributed by atoms with Crippen molar-refractivity contribution in [2.75, 3.05) is 26.2 Å². The molecule has 1 N–H and O–H groups in total. The molecule has 2 saturated heterocycles. The van der Waals surface area contributed by atoms with Crippen LogP contribution in [0.3, 0.4) is 0 Å². The molecule has 0 saturated carbocycles. The van der Waals surface area contributed by atoms with E-state index in [1.807, 2.05) is 0 Å². The van der Waals surface area contributed by atoms with Crippen LogP contribution in [0.15, 0.2) is 24.3 Å². The van der Waals surface area contributed by atoms with Gasteiger partial charge in [-0.3, -0.25) is 4.90 Å². The van der Waals surface area contributed by atoms with Crippen LogP contribution in [-0.2, 0) is 16.8 Å². The molecule has 0 amide bonds. The molecule has 0 radical (unpaired) electrons. The second-order valence-electron chi connectivity index (χ2n) is 8.43. The third-order valence-corrected chi connectivity index (χ3v) is 7.18.